The van der Waals surface area contributed by atoms with Gasteiger partial charge in [-0.2, -0.15) is 0 Å². The molecule has 0 aromatic carbocycles. The number of nitrogens with zero attached hydrogens (tertiary/aromatic N) is 1. The summed E-state index contributed by atoms with van der Waals surface area (Å²) in [4.78, 5) is 13.4. The molecule has 1 saturated heterocycles. The van der Waals surface area contributed by atoms with Crippen LogP contribution >= 0.6 is 0 Å². The number of amides is 1. The Balaban J connectivity index is 2.46. The van der Waals surface area contributed by atoms with Crippen LogP contribution in [0, 0.1) is 5.92 Å². The minimum absolute atomic E-state index is 0.0998. The van der Waals surface area contributed by atoms with Gasteiger partial charge in [0.25, 0.3) is 0 Å². The number of likely N-dealkylation sites (tertiary alicyclic amines) is 1. The maximum Gasteiger partial charge on any atom is 0.217 e. The van der Waals surface area contributed by atoms with Crippen LogP contribution in [0.5, 0.6) is 0 Å². The Morgan fingerprint density at radius 1 is 1.43 bits per heavy atom. The van der Waals surface area contributed by atoms with E-state index in [1.54, 1.807) is 6.92 Å². The van der Waals surface area contributed by atoms with Crippen molar-refractivity contribution in [3.63, 3.8) is 0 Å². The van der Waals surface area contributed by atoms with E-state index in [1.807, 2.05) is 0 Å². The fraction of sp³-hybridized carbons (Fsp3) is 0.909. The van der Waals surface area contributed by atoms with Crippen molar-refractivity contribution in [2.75, 3.05) is 19.6 Å². The zero-order valence-corrected chi connectivity index (χ0v) is 9.55. The minimum atomic E-state index is 0.0998. The third kappa shape index (κ3) is 3.29. The van der Waals surface area contributed by atoms with Gasteiger partial charge in [-0.25, -0.2) is 0 Å². The van der Waals surface area contributed by atoms with Gasteiger partial charge in [0.15, 0.2) is 0 Å². The lowest BCUT2D eigenvalue weighted by molar-refractivity contribution is -0.120. The van der Waals surface area contributed by atoms with Gasteiger partial charge in [0.1, 0.15) is 0 Å². The number of nitrogens with one attached hydrogen (secondary N) is 1. The number of piperidine rings is 1. The van der Waals surface area contributed by atoms with Gasteiger partial charge in [0.2, 0.25) is 5.91 Å². The Kier molecular flexibility index (Phi) is 4.39. The van der Waals surface area contributed by atoms with Crippen LogP contribution in [0.15, 0.2) is 0 Å². The summed E-state index contributed by atoms with van der Waals surface area (Å²) in [7, 11) is 0. The van der Waals surface area contributed by atoms with Gasteiger partial charge < -0.3 is 10.2 Å². The highest BCUT2D eigenvalue weighted by Crippen LogP contribution is 2.19. The molecule has 1 aliphatic rings. The number of likely N-dealkylation sites (N-methyl/N-ethyl adjacent to an activating group) is 1. The van der Waals surface area contributed by atoms with E-state index in [1.165, 1.54) is 13.0 Å². The maximum absolute atomic E-state index is 11.0. The first-order valence-electron chi connectivity index (χ1n) is 5.65. The van der Waals surface area contributed by atoms with Crippen molar-refractivity contribution >= 4 is 5.91 Å². The highest BCUT2D eigenvalue weighted by molar-refractivity contribution is 5.73. The van der Waals surface area contributed by atoms with Crippen LogP contribution < -0.4 is 5.32 Å². The SMILES string of the molecule is CCC1CC(NC(C)=O)CN(CC)C1. The summed E-state index contributed by atoms with van der Waals surface area (Å²) in [6.07, 6.45) is 2.36. The number of hydrogen-bond acceptors (Lipinski definition) is 2. The lowest BCUT2D eigenvalue weighted by Gasteiger charge is -2.37. The van der Waals surface area contributed by atoms with Crippen LogP contribution in [-0.2, 0) is 4.79 Å². The van der Waals surface area contributed by atoms with Crippen molar-refractivity contribution in [2.24, 2.45) is 5.92 Å². The molecule has 2 atom stereocenters. The van der Waals surface area contributed by atoms with Crippen LogP contribution in [0.25, 0.3) is 0 Å². The Bertz CT molecular complexity index is 182. The summed E-state index contributed by atoms with van der Waals surface area (Å²) in [5.41, 5.74) is 0. The van der Waals surface area contributed by atoms with Gasteiger partial charge in [-0.1, -0.05) is 20.3 Å². The molecule has 1 rings (SSSR count). The Morgan fingerprint density at radius 3 is 2.64 bits per heavy atom. The molecule has 82 valence electrons. The molecule has 1 N–H and O–H groups in total. The lowest BCUT2D eigenvalue weighted by atomic mass is 9.92. The summed E-state index contributed by atoms with van der Waals surface area (Å²) in [5.74, 6) is 0.850. The van der Waals surface area contributed by atoms with Gasteiger partial charge in [-0.3, -0.25) is 4.79 Å². The summed E-state index contributed by atoms with van der Waals surface area (Å²) in [6.45, 7) is 9.33. The first kappa shape index (κ1) is 11.5. The normalized spacial score (nSPS) is 28.8. The molecule has 14 heavy (non-hydrogen) atoms. The van der Waals surface area contributed by atoms with E-state index in [4.69, 9.17) is 0 Å². The minimum Gasteiger partial charge on any atom is -0.352 e. The average molecular weight is 198 g/mol. The van der Waals surface area contributed by atoms with Crippen molar-refractivity contribution in [1.82, 2.24) is 10.2 Å². The number of hydrogen-bond donors (Lipinski definition) is 1. The van der Waals surface area contributed by atoms with E-state index in [-0.39, 0.29) is 5.91 Å². The molecule has 1 aliphatic heterocycles. The predicted octanol–water partition coefficient (Wildman–Crippen LogP) is 1.24. The van der Waals surface area contributed by atoms with E-state index >= 15 is 0 Å². The molecule has 1 heterocycles. The Morgan fingerprint density at radius 2 is 2.14 bits per heavy atom. The van der Waals surface area contributed by atoms with Crippen LogP contribution in [0.1, 0.15) is 33.6 Å². The number of carbonyl (C=O) groups is 1. The molecule has 3 heteroatoms. The van der Waals surface area contributed by atoms with E-state index in [0.717, 1.165) is 25.4 Å². The van der Waals surface area contributed by atoms with E-state index in [9.17, 15) is 4.79 Å². The van der Waals surface area contributed by atoms with Gasteiger partial charge in [0, 0.05) is 26.1 Å². The number of rotatable bonds is 3. The second kappa shape index (κ2) is 5.35. The molecule has 0 spiro atoms. The predicted molar refractivity (Wildman–Crippen MR) is 58.1 cm³/mol. The fourth-order valence-electron chi connectivity index (χ4n) is 2.25. The average Bonchev–Trinajstić information content (AvgIpc) is 2.16. The van der Waals surface area contributed by atoms with E-state index in [2.05, 4.69) is 24.1 Å². The van der Waals surface area contributed by atoms with Crippen molar-refractivity contribution in [3.05, 3.63) is 0 Å². The lowest BCUT2D eigenvalue weighted by Crippen LogP contribution is -2.50. The highest BCUT2D eigenvalue weighted by Gasteiger charge is 2.25. The summed E-state index contributed by atoms with van der Waals surface area (Å²) < 4.78 is 0. The topological polar surface area (TPSA) is 32.3 Å². The molecule has 0 bridgehead atoms. The third-order valence-electron chi connectivity index (χ3n) is 3.04. The molecule has 2 unspecified atom stereocenters. The van der Waals surface area contributed by atoms with Crippen molar-refractivity contribution in [1.29, 1.82) is 0 Å². The molecular formula is C11H22N2O. The summed E-state index contributed by atoms with van der Waals surface area (Å²) >= 11 is 0. The van der Waals surface area contributed by atoms with Crippen LogP contribution in [0.2, 0.25) is 0 Å². The zero-order chi connectivity index (χ0) is 10.6. The Hall–Kier alpha value is -0.570. The summed E-state index contributed by atoms with van der Waals surface area (Å²) in [5, 5.41) is 3.03. The second-order valence-corrected chi connectivity index (χ2v) is 4.26. The van der Waals surface area contributed by atoms with Crippen LogP contribution in [0.4, 0.5) is 0 Å². The first-order valence-corrected chi connectivity index (χ1v) is 5.65. The highest BCUT2D eigenvalue weighted by atomic mass is 16.1. The van der Waals surface area contributed by atoms with Gasteiger partial charge in [-0.15, -0.1) is 0 Å². The number of carbonyl (C=O) groups excluding carboxylic acids is 1. The maximum atomic E-state index is 11.0. The van der Waals surface area contributed by atoms with Gasteiger partial charge >= 0.3 is 0 Å². The third-order valence-corrected chi connectivity index (χ3v) is 3.04. The van der Waals surface area contributed by atoms with Crippen molar-refractivity contribution in [3.8, 4) is 0 Å². The molecule has 0 aromatic heterocycles. The summed E-state index contributed by atoms with van der Waals surface area (Å²) in [6, 6.07) is 0.367. The molecule has 0 aromatic rings. The van der Waals surface area contributed by atoms with E-state index < -0.39 is 0 Å². The largest absolute Gasteiger partial charge is 0.352 e. The van der Waals surface area contributed by atoms with Gasteiger partial charge in [-0.05, 0) is 18.9 Å². The van der Waals surface area contributed by atoms with Crippen molar-refractivity contribution in [2.45, 2.75) is 39.7 Å². The molecule has 1 amide bonds. The fourth-order valence-corrected chi connectivity index (χ4v) is 2.25. The standard InChI is InChI=1S/C11H22N2O/c1-4-10-6-11(12-9(3)14)8-13(5-2)7-10/h10-11H,4-8H2,1-3H3,(H,12,14). The molecule has 0 radical (unpaired) electrons. The monoisotopic (exact) mass is 198 g/mol. The van der Waals surface area contributed by atoms with Crippen molar-refractivity contribution < 1.29 is 4.79 Å². The second-order valence-electron chi connectivity index (χ2n) is 4.26. The molecular weight excluding hydrogens is 176 g/mol. The van der Waals surface area contributed by atoms with Gasteiger partial charge in [0.05, 0.1) is 0 Å². The van der Waals surface area contributed by atoms with Crippen LogP contribution in [0.3, 0.4) is 0 Å². The quantitative estimate of drug-likeness (QED) is 0.740. The van der Waals surface area contributed by atoms with E-state index in [0.29, 0.717) is 6.04 Å². The zero-order valence-electron chi connectivity index (χ0n) is 9.55. The smallest absolute Gasteiger partial charge is 0.217 e. The Labute approximate surface area is 86.9 Å². The molecule has 0 saturated carbocycles. The van der Waals surface area contributed by atoms with Crippen LogP contribution in [-0.4, -0.2) is 36.5 Å². The molecule has 0 aliphatic carbocycles. The first-order chi connectivity index (χ1) is 6.65. The molecule has 3 nitrogen and oxygen atoms in total. The molecule has 1 fully saturated rings.